The number of carbonyl (C=O) groups excluding carboxylic acids is 2. The topological polar surface area (TPSA) is 73.2 Å². The number of halogens is 1. The number of nitrogens with one attached hydrogen (secondary N) is 1. The van der Waals surface area contributed by atoms with Crippen LogP contribution in [0.1, 0.15) is 54.2 Å². The third-order valence-electron chi connectivity index (χ3n) is 3.44. The number of imidazole rings is 1. The Kier molecular flexibility index (Phi) is 5.26. The number of rotatable bonds is 5. The summed E-state index contributed by atoms with van der Waals surface area (Å²) in [6, 6.07) is 3.26. The molecule has 23 heavy (non-hydrogen) atoms. The van der Waals surface area contributed by atoms with Gasteiger partial charge in [0.25, 0.3) is 5.91 Å². The normalized spacial score (nSPS) is 11.0. The summed E-state index contributed by atoms with van der Waals surface area (Å²) in [5, 5.41) is 3.11. The zero-order valence-electron chi connectivity index (χ0n) is 13.6. The van der Waals surface area contributed by atoms with Crippen molar-refractivity contribution in [1.82, 2.24) is 14.9 Å². The Morgan fingerprint density at radius 1 is 1.39 bits per heavy atom. The molecule has 1 amide bonds. The average Bonchev–Trinajstić information content (AvgIpc) is 2.89. The van der Waals surface area contributed by atoms with E-state index < -0.39 is 5.97 Å². The van der Waals surface area contributed by atoms with Gasteiger partial charge in [0.05, 0.1) is 28.7 Å². The van der Waals surface area contributed by atoms with Crippen LogP contribution in [0.3, 0.4) is 0 Å². The summed E-state index contributed by atoms with van der Waals surface area (Å²) in [7, 11) is 1.31. The lowest BCUT2D eigenvalue weighted by Crippen LogP contribution is -2.24. The first kappa shape index (κ1) is 17.3. The second-order valence-electron chi connectivity index (χ2n) is 5.47. The molecule has 6 nitrogen and oxygen atoms in total. The van der Waals surface area contributed by atoms with E-state index in [9.17, 15) is 9.59 Å². The van der Waals surface area contributed by atoms with Gasteiger partial charge in [-0.05, 0) is 32.4 Å². The molecule has 2 aromatic rings. The molecule has 1 N–H and O–H groups in total. The molecular formula is C16H20ClN3O3. The second-order valence-corrected chi connectivity index (χ2v) is 5.87. The molecule has 0 saturated carbocycles. The quantitative estimate of drug-likeness (QED) is 0.850. The fraction of sp³-hybridized carbons (Fsp3) is 0.438. The van der Waals surface area contributed by atoms with Crippen molar-refractivity contribution in [3.8, 4) is 0 Å². The van der Waals surface area contributed by atoms with Gasteiger partial charge in [-0.3, -0.25) is 4.79 Å². The highest BCUT2D eigenvalue weighted by Crippen LogP contribution is 2.27. The number of hydrogen-bond acceptors (Lipinski definition) is 4. The minimum absolute atomic E-state index is 0.00932. The van der Waals surface area contributed by atoms with Crippen LogP contribution in [0.5, 0.6) is 0 Å². The number of esters is 1. The van der Waals surface area contributed by atoms with Crippen molar-refractivity contribution >= 4 is 34.5 Å². The molecule has 1 aromatic heterocycles. The van der Waals surface area contributed by atoms with E-state index in [4.69, 9.17) is 16.3 Å². The summed E-state index contributed by atoms with van der Waals surface area (Å²) >= 11 is 6.26. The van der Waals surface area contributed by atoms with E-state index in [2.05, 4.69) is 10.3 Å². The molecule has 0 radical (unpaired) electrons. The third kappa shape index (κ3) is 3.32. The summed E-state index contributed by atoms with van der Waals surface area (Å²) in [5.41, 5.74) is 1.57. The monoisotopic (exact) mass is 337 g/mol. The SMILES string of the molecule is CCCNC(=O)c1cc2nc(C(=O)OC)n(C(C)C)c2cc1Cl. The van der Waals surface area contributed by atoms with Crippen LogP contribution in [0.2, 0.25) is 5.02 Å². The lowest BCUT2D eigenvalue weighted by Gasteiger charge is -2.12. The molecule has 0 fully saturated rings. The van der Waals surface area contributed by atoms with E-state index in [0.29, 0.717) is 28.2 Å². The largest absolute Gasteiger partial charge is 0.463 e. The Hall–Kier alpha value is -2.08. The molecule has 1 aromatic carbocycles. The van der Waals surface area contributed by atoms with Crippen LogP contribution in [-0.2, 0) is 4.74 Å². The van der Waals surface area contributed by atoms with Crippen LogP contribution in [0.25, 0.3) is 11.0 Å². The van der Waals surface area contributed by atoms with E-state index in [1.807, 2.05) is 20.8 Å². The number of benzene rings is 1. The maximum absolute atomic E-state index is 12.2. The summed E-state index contributed by atoms with van der Waals surface area (Å²) in [6.07, 6.45) is 0.833. The van der Waals surface area contributed by atoms with Gasteiger partial charge in [0, 0.05) is 12.6 Å². The molecule has 2 rings (SSSR count). The minimum Gasteiger partial charge on any atom is -0.463 e. The van der Waals surface area contributed by atoms with Crippen LogP contribution >= 0.6 is 11.6 Å². The van der Waals surface area contributed by atoms with Crippen molar-refractivity contribution in [2.24, 2.45) is 0 Å². The molecule has 0 aliphatic rings. The van der Waals surface area contributed by atoms with Crippen LogP contribution in [-0.4, -0.2) is 35.1 Å². The molecular weight excluding hydrogens is 318 g/mol. The molecule has 0 spiro atoms. The number of fused-ring (bicyclic) bond motifs is 1. The standard InChI is InChI=1S/C16H20ClN3O3/c1-5-6-18-15(21)10-7-12-13(8-11(10)17)20(9(2)3)14(19-12)16(22)23-4/h7-9H,5-6H2,1-4H3,(H,18,21). The number of methoxy groups -OCH3 is 1. The van der Waals surface area contributed by atoms with Crippen LogP contribution in [0.4, 0.5) is 0 Å². The summed E-state index contributed by atoms with van der Waals surface area (Å²) < 4.78 is 6.53. The van der Waals surface area contributed by atoms with Gasteiger partial charge in [-0.25, -0.2) is 9.78 Å². The molecule has 1 heterocycles. The van der Waals surface area contributed by atoms with E-state index in [-0.39, 0.29) is 17.8 Å². The van der Waals surface area contributed by atoms with Gasteiger partial charge in [0.2, 0.25) is 5.82 Å². The number of nitrogens with zero attached hydrogens (tertiary/aromatic N) is 2. The zero-order valence-corrected chi connectivity index (χ0v) is 14.4. The highest BCUT2D eigenvalue weighted by molar-refractivity contribution is 6.34. The number of amides is 1. The van der Waals surface area contributed by atoms with E-state index in [1.165, 1.54) is 7.11 Å². The van der Waals surface area contributed by atoms with Gasteiger partial charge < -0.3 is 14.6 Å². The average molecular weight is 338 g/mol. The minimum atomic E-state index is -0.525. The van der Waals surface area contributed by atoms with Gasteiger partial charge in [0.1, 0.15) is 0 Å². The molecule has 0 bridgehead atoms. The van der Waals surface area contributed by atoms with Crippen molar-refractivity contribution in [2.75, 3.05) is 13.7 Å². The van der Waals surface area contributed by atoms with Gasteiger partial charge in [-0.15, -0.1) is 0 Å². The molecule has 7 heteroatoms. The van der Waals surface area contributed by atoms with E-state index >= 15 is 0 Å². The first-order valence-corrected chi connectivity index (χ1v) is 7.86. The Labute approximate surface area is 139 Å². The van der Waals surface area contributed by atoms with Crippen LogP contribution < -0.4 is 5.32 Å². The van der Waals surface area contributed by atoms with Crippen molar-refractivity contribution in [3.63, 3.8) is 0 Å². The van der Waals surface area contributed by atoms with Crippen LogP contribution in [0.15, 0.2) is 12.1 Å². The molecule has 0 aliphatic heterocycles. The predicted molar refractivity (Wildman–Crippen MR) is 89.1 cm³/mol. The molecule has 0 unspecified atom stereocenters. The van der Waals surface area contributed by atoms with Crippen LogP contribution in [0, 0.1) is 0 Å². The predicted octanol–water partition coefficient (Wildman–Crippen LogP) is 3.20. The van der Waals surface area contributed by atoms with Crippen molar-refractivity contribution in [2.45, 2.75) is 33.2 Å². The highest BCUT2D eigenvalue weighted by atomic mass is 35.5. The lowest BCUT2D eigenvalue weighted by molar-refractivity contribution is 0.0580. The Balaban J connectivity index is 2.60. The maximum Gasteiger partial charge on any atom is 0.374 e. The van der Waals surface area contributed by atoms with Gasteiger partial charge in [-0.1, -0.05) is 18.5 Å². The smallest absolute Gasteiger partial charge is 0.374 e. The maximum atomic E-state index is 12.2. The van der Waals surface area contributed by atoms with Crippen molar-refractivity contribution < 1.29 is 14.3 Å². The second kappa shape index (κ2) is 7.00. The van der Waals surface area contributed by atoms with E-state index in [1.54, 1.807) is 16.7 Å². The first-order chi connectivity index (χ1) is 10.9. The summed E-state index contributed by atoms with van der Waals surface area (Å²) in [6.45, 7) is 6.41. The molecule has 0 saturated heterocycles. The number of carbonyl (C=O) groups is 2. The summed E-state index contributed by atoms with van der Waals surface area (Å²) in [5.74, 6) is -0.583. The van der Waals surface area contributed by atoms with Gasteiger partial charge in [-0.2, -0.15) is 0 Å². The molecule has 0 aliphatic carbocycles. The van der Waals surface area contributed by atoms with Gasteiger partial charge >= 0.3 is 5.97 Å². The molecule has 0 atom stereocenters. The highest BCUT2D eigenvalue weighted by Gasteiger charge is 2.22. The Morgan fingerprint density at radius 3 is 2.65 bits per heavy atom. The Bertz CT molecular complexity index is 753. The fourth-order valence-electron chi connectivity index (χ4n) is 2.38. The molecule has 124 valence electrons. The van der Waals surface area contributed by atoms with Crippen molar-refractivity contribution in [1.29, 1.82) is 0 Å². The number of hydrogen-bond donors (Lipinski definition) is 1. The number of aromatic nitrogens is 2. The third-order valence-corrected chi connectivity index (χ3v) is 3.76. The van der Waals surface area contributed by atoms with Gasteiger partial charge in [0.15, 0.2) is 0 Å². The summed E-state index contributed by atoms with van der Waals surface area (Å²) in [4.78, 5) is 28.4. The first-order valence-electron chi connectivity index (χ1n) is 7.48. The fourth-order valence-corrected chi connectivity index (χ4v) is 2.63. The Morgan fingerprint density at radius 2 is 2.09 bits per heavy atom. The lowest BCUT2D eigenvalue weighted by atomic mass is 10.1. The number of ether oxygens (including phenoxy) is 1. The zero-order chi connectivity index (χ0) is 17.1. The van der Waals surface area contributed by atoms with Crippen molar-refractivity contribution in [3.05, 3.63) is 28.5 Å². The van der Waals surface area contributed by atoms with E-state index in [0.717, 1.165) is 6.42 Å².